The molecule has 0 saturated carbocycles. The molecule has 0 bridgehead atoms. The van der Waals surface area contributed by atoms with Gasteiger partial charge in [0.05, 0.1) is 32.6 Å². The molecule has 0 aliphatic rings. The molecule has 0 aliphatic carbocycles. The predicted molar refractivity (Wildman–Crippen MR) is 115 cm³/mol. The molecule has 0 aromatic heterocycles. The number of ether oxygens (including phenoxy) is 3. The minimum absolute atomic E-state index is 0.0796. The van der Waals surface area contributed by atoms with Gasteiger partial charge < -0.3 is 19.5 Å². The highest BCUT2D eigenvalue weighted by Gasteiger charge is 2.21. The molecule has 30 heavy (non-hydrogen) atoms. The first-order valence-electron chi connectivity index (χ1n) is 9.49. The molecule has 2 aromatic rings. The summed E-state index contributed by atoms with van der Waals surface area (Å²) in [6.07, 6.45) is 0.0796. The van der Waals surface area contributed by atoms with Crippen molar-refractivity contribution in [2.75, 3.05) is 39.7 Å². The second-order valence-electron chi connectivity index (χ2n) is 6.37. The zero-order valence-corrected chi connectivity index (χ0v) is 18.7. The van der Waals surface area contributed by atoms with Crippen LogP contribution in [-0.2, 0) is 21.2 Å². The number of rotatable bonds is 10. The standard InChI is InChI=1S/C21H28N2O6S/c1-6-23(7-2)30(25,26)17-10-8-16(9-11-17)22-20(24)14-15-12-18(27-3)21(29-5)19(13-15)28-4/h8-13H,6-7,14H2,1-5H3,(H,22,24). The van der Waals surface area contributed by atoms with Gasteiger partial charge >= 0.3 is 0 Å². The first-order valence-corrected chi connectivity index (χ1v) is 10.9. The van der Waals surface area contributed by atoms with Gasteiger partial charge in [-0.25, -0.2) is 8.42 Å². The first kappa shape index (κ1) is 23.5. The topological polar surface area (TPSA) is 94.2 Å². The number of hydrogen-bond acceptors (Lipinski definition) is 6. The van der Waals surface area contributed by atoms with Crippen molar-refractivity contribution in [3.05, 3.63) is 42.0 Å². The van der Waals surface area contributed by atoms with Crippen LogP contribution >= 0.6 is 0 Å². The van der Waals surface area contributed by atoms with Crippen molar-refractivity contribution in [1.82, 2.24) is 4.31 Å². The second-order valence-corrected chi connectivity index (χ2v) is 8.31. The van der Waals surface area contributed by atoms with Gasteiger partial charge in [-0.2, -0.15) is 4.31 Å². The predicted octanol–water partition coefficient (Wildman–Crippen LogP) is 2.92. The molecule has 0 aliphatic heterocycles. The SMILES string of the molecule is CCN(CC)S(=O)(=O)c1ccc(NC(=O)Cc2cc(OC)c(OC)c(OC)c2)cc1. The number of nitrogens with zero attached hydrogens (tertiary/aromatic N) is 1. The van der Waals surface area contributed by atoms with Crippen LogP contribution in [0.1, 0.15) is 19.4 Å². The van der Waals surface area contributed by atoms with E-state index in [1.54, 1.807) is 38.1 Å². The number of amides is 1. The Hall–Kier alpha value is -2.78. The lowest BCUT2D eigenvalue weighted by molar-refractivity contribution is -0.115. The molecule has 2 aromatic carbocycles. The third-order valence-electron chi connectivity index (χ3n) is 4.57. The van der Waals surface area contributed by atoms with Gasteiger partial charge in [-0.3, -0.25) is 4.79 Å². The molecule has 0 spiro atoms. The average Bonchev–Trinajstić information content (AvgIpc) is 2.73. The average molecular weight is 437 g/mol. The summed E-state index contributed by atoms with van der Waals surface area (Å²) in [6.45, 7) is 4.37. The molecule has 0 atom stereocenters. The molecule has 0 unspecified atom stereocenters. The molecule has 0 radical (unpaired) electrons. The molecule has 0 saturated heterocycles. The lowest BCUT2D eigenvalue weighted by atomic mass is 10.1. The minimum Gasteiger partial charge on any atom is -0.493 e. The van der Waals surface area contributed by atoms with E-state index in [1.807, 2.05) is 0 Å². The number of sulfonamides is 1. The molecule has 8 nitrogen and oxygen atoms in total. The van der Waals surface area contributed by atoms with Crippen molar-refractivity contribution in [2.24, 2.45) is 0 Å². The van der Waals surface area contributed by atoms with Gasteiger partial charge in [0.2, 0.25) is 21.7 Å². The molecule has 164 valence electrons. The second kappa shape index (κ2) is 10.3. The van der Waals surface area contributed by atoms with Gasteiger partial charge in [-0.15, -0.1) is 0 Å². The van der Waals surface area contributed by atoms with Gasteiger partial charge in [-0.05, 0) is 42.0 Å². The molecule has 0 heterocycles. The summed E-state index contributed by atoms with van der Waals surface area (Å²) in [5.74, 6) is 1.12. The first-order chi connectivity index (χ1) is 14.3. The number of carbonyl (C=O) groups is 1. The Morgan fingerprint density at radius 3 is 1.90 bits per heavy atom. The summed E-state index contributed by atoms with van der Waals surface area (Å²) < 4.78 is 42.4. The number of hydrogen-bond donors (Lipinski definition) is 1. The highest BCUT2D eigenvalue weighted by molar-refractivity contribution is 7.89. The molecule has 0 fully saturated rings. The molecule has 1 amide bonds. The van der Waals surface area contributed by atoms with Gasteiger partial charge in [0.1, 0.15) is 0 Å². The van der Waals surface area contributed by atoms with Crippen molar-refractivity contribution in [1.29, 1.82) is 0 Å². The van der Waals surface area contributed by atoms with E-state index in [2.05, 4.69) is 5.32 Å². The van der Waals surface area contributed by atoms with Crippen LogP contribution in [0.15, 0.2) is 41.3 Å². The van der Waals surface area contributed by atoms with Crippen molar-refractivity contribution in [3.63, 3.8) is 0 Å². The van der Waals surface area contributed by atoms with Crippen LogP contribution in [0.2, 0.25) is 0 Å². The maximum absolute atomic E-state index is 12.5. The molecule has 1 N–H and O–H groups in total. The van der Waals surface area contributed by atoms with Gasteiger partial charge in [0, 0.05) is 18.8 Å². The lowest BCUT2D eigenvalue weighted by Gasteiger charge is -2.18. The van der Waals surface area contributed by atoms with Crippen LogP contribution in [0.3, 0.4) is 0 Å². The zero-order chi connectivity index (χ0) is 22.3. The molecule has 2 rings (SSSR count). The maximum Gasteiger partial charge on any atom is 0.243 e. The number of benzene rings is 2. The summed E-state index contributed by atoms with van der Waals surface area (Å²) >= 11 is 0. The fourth-order valence-corrected chi connectivity index (χ4v) is 4.51. The smallest absolute Gasteiger partial charge is 0.243 e. The van der Waals surface area contributed by atoms with Crippen LogP contribution in [0.4, 0.5) is 5.69 Å². The van der Waals surface area contributed by atoms with E-state index in [4.69, 9.17) is 14.2 Å². The highest BCUT2D eigenvalue weighted by Crippen LogP contribution is 2.38. The summed E-state index contributed by atoms with van der Waals surface area (Å²) in [6, 6.07) is 9.54. The Morgan fingerprint density at radius 1 is 0.933 bits per heavy atom. The summed E-state index contributed by atoms with van der Waals surface area (Å²) in [7, 11) is 0.993. The fourth-order valence-electron chi connectivity index (χ4n) is 3.05. The van der Waals surface area contributed by atoms with E-state index < -0.39 is 10.0 Å². The summed E-state index contributed by atoms with van der Waals surface area (Å²) in [5.41, 5.74) is 1.19. The molecular formula is C21H28N2O6S. The van der Waals surface area contributed by atoms with E-state index in [-0.39, 0.29) is 17.2 Å². The van der Waals surface area contributed by atoms with Crippen LogP contribution < -0.4 is 19.5 Å². The van der Waals surface area contributed by atoms with Crippen molar-refractivity contribution >= 4 is 21.6 Å². The van der Waals surface area contributed by atoms with Crippen molar-refractivity contribution in [2.45, 2.75) is 25.2 Å². The van der Waals surface area contributed by atoms with Crippen LogP contribution in [0.5, 0.6) is 17.2 Å². The fraction of sp³-hybridized carbons (Fsp3) is 0.381. The number of anilines is 1. The Balaban J connectivity index is 2.14. The minimum atomic E-state index is -3.54. The largest absolute Gasteiger partial charge is 0.493 e. The van der Waals surface area contributed by atoms with Crippen molar-refractivity contribution in [3.8, 4) is 17.2 Å². The highest BCUT2D eigenvalue weighted by atomic mass is 32.2. The van der Waals surface area contributed by atoms with E-state index in [0.29, 0.717) is 41.6 Å². The normalized spacial score (nSPS) is 11.3. The maximum atomic E-state index is 12.5. The summed E-state index contributed by atoms with van der Waals surface area (Å²) in [4.78, 5) is 12.7. The third kappa shape index (κ3) is 5.22. The van der Waals surface area contributed by atoms with Crippen molar-refractivity contribution < 1.29 is 27.4 Å². The summed E-state index contributed by atoms with van der Waals surface area (Å²) in [5, 5.41) is 2.77. The van der Waals surface area contributed by atoms with Gasteiger partial charge in [0.25, 0.3) is 0 Å². The van der Waals surface area contributed by atoms with Gasteiger partial charge in [-0.1, -0.05) is 13.8 Å². The van der Waals surface area contributed by atoms with E-state index in [0.717, 1.165) is 0 Å². The van der Waals surface area contributed by atoms with E-state index in [9.17, 15) is 13.2 Å². The quantitative estimate of drug-likeness (QED) is 0.615. The lowest BCUT2D eigenvalue weighted by Crippen LogP contribution is -2.30. The number of carbonyl (C=O) groups excluding carboxylic acids is 1. The number of nitrogens with one attached hydrogen (secondary N) is 1. The van der Waals surface area contributed by atoms with Crippen LogP contribution in [0.25, 0.3) is 0 Å². The van der Waals surface area contributed by atoms with Gasteiger partial charge in [0.15, 0.2) is 11.5 Å². The Bertz CT molecular complexity index is 944. The molecule has 9 heteroatoms. The van der Waals surface area contributed by atoms with E-state index >= 15 is 0 Å². The Labute approximate surface area is 177 Å². The monoisotopic (exact) mass is 436 g/mol. The number of methoxy groups -OCH3 is 3. The van der Waals surface area contributed by atoms with Crippen LogP contribution in [0, 0.1) is 0 Å². The third-order valence-corrected chi connectivity index (χ3v) is 6.63. The van der Waals surface area contributed by atoms with Crippen LogP contribution in [-0.4, -0.2) is 53.0 Å². The Kier molecular flexibility index (Phi) is 8.08. The molecular weight excluding hydrogens is 408 g/mol. The van der Waals surface area contributed by atoms with E-state index in [1.165, 1.54) is 37.8 Å². The Morgan fingerprint density at radius 2 is 1.47 bits per heavy atom. The zero-order valence-electron chi connectivity index (χ0n) is 17.9.